The molecule has 0 saturated carbocycles. The zero-order chi connectivity index (χ0) is 22.8. The first-order chi connectivity index (χ1) is 14.6. The molecule has 1 amide bonds. The summed E-state index contributed by atoms with van der Waals surface area (Å²) in [5.74, 6) is 0.442. The van der Waals surface area contributed by atoms with E-state index in [4.69, 9.17) is 9.47 Å². The van der Waals surface area contributed by atoms with Crippen molar-refractivity contribution in [1.82, 2.24) is 4.90 Å². The number of likely N-dealkylation sites (tertiary alicyclic amines) is 1. The molecule has 1 saturated heterocycles. The minimum Gasteiger partial charge on any atom is -0.496 e. The second kappa shape index (κ2) is 8.60. The van der Waals surface area contributed by atoms with Crippen molar-refractivity contribution in [2.45, 2.75) is 48.5 Å². The molecule has 0 radical (unpaired) electrons. The molecule has 1 fully saturated rings. The van der Waals surface area contributed by atoms with Gasteiger partial charge in [-0.15, -0.1) is 0 Å². The number of sulfone groups is 1. The second-order valence-corrected chi connectivity index (χ2v) is 10.3. The summed E-state index contributed by atoms with van der Waals surface area (Å²) in [5.41, 5.74) is 0.359. The summed E-state index contributed by atoms with van der Waals surface area (Å²) >= 11 is 0. The van der Waals surface area contributed by atoms with Crippen LogP contribution in [0.1, 0.15) is 44.2 Å². The normalized spacial score (nSPS) is 16.6. The number of hydrogen-bond acceptors (Lipinski definition) is 6. The summed E-state index contributed by atoms with van der Waals surface area (Å²) in [7, 11) is -2.40. The van der Waals surface area contributed by atoms with Crippen molar-refractivity contribution >= 4 is 15.9 Å². The fraction of sp³-hybridized carbons (Fsp3) is 0.391. The summed E-state index contributed by atoms with van der Waals surface area (Å²) < 4.78 is 37.2. The Bertz CT molecular complexity index is 1130. The van der Waals surface area contributed by atoms with Crippen molar-refractivity contribution in [2.24, 2.45) is 0 Å². The van der Waals surface area contributed by atoms with Gasteiger partial charge in [-0.05, 0) is 57.0 Å². The molecule has 164 valence electrons. The monoisotopic (exact) mass is 442 g/mol. The molecule has 0 bridgehead atoms. The molecule has 1 heterocycles. The first-order valence-corrected chi connectivity index (χ1v) is 11.4. The van der Waals surface area contributed by atoms with Gasteiger partial charge in [-0.2, -0.15) is 5.26 Å². The van der Waals surface area contributed by atoms with E-state index in [9.17, 15) is 18.5 Å². The maximum atomic E-state index is 13.1. The van der Waals surface area contributed by atoms with E-state index >= 15 is 0 Å². The lowest BCUT2D eigenvalue weighted by atomic mass is 9.97. The van der Waals surface area contributed by atoms with E-state index in [0.717, 1.165) is 12.0 Å². The molecule has 0 N–H and O–H groups in total. The third-order valence-corrected chi connectivity index (χ3v) is 6.90. The van der Waals surface area contributed by atoms with Crippen LogP contribution >= 0.6 is 0 Å². The van der Waals surface area contributed by atoms with Crippen LogP contribution in [0.25, 0.3) is 0 Å². The fourth-order valence-electron chi connectivity index (χ4n) is 3.62. The summed E-state index contributed by atoms with van der Waals surface area (Å²) in [5, 5.41) is 9.28. The van der Waals surface area contributed by atoms with Crippen molar-refractivity contribution in [3.8, 4) is 11.8 Å². The summed E-state index contributed by atoms with van der Waals surface area (Å²) in [6, 6.07) is 12.8. The van der Waals surface area contributed by atoms with Gasteiger partial charge in [0.15, 0.2) is 0 Å². The van der Waals surface area contributed by atoms with Crippen molar-refractivity contribution < 1.29 is 22.7 Å². The number of methoxy groups -OCH3 is 1. The Hall–Kier alpha value is -3.05. The van der Waals surface area contributed by atoms with Gasteiger partial charge in [0.2, 0.25) is 9.84 Å². The van der Waals surface area contributed by atoms with Gasteiger partial charge in [0, 0.05) is 19.0 Å². The second-order valence-electron chi connectivity index (χ2n) is 8.43. The quantitative estimate of drug-likeness (QED) is 0.706. The van der Waals surface area contributed by atoms with Gasteiger partial charge < -0.3 is 14.4 Å². The van der Waals surface area contributed by atoms with Gasteiger partial charge >= 0.3 is 6.09 Å². The number of ether oxygens (including phenoxy) is 2. The van der Waals surface area contributed by atoms with Gasteiger partial charge in [-0.25, -0.2) is 13.2 Å². The predicted molar refractivity (Wildman–Crippen MR) is 115 cm³/mol. The van der Waals surface area contributed by atoms with Crippen LogP contribution in [0.4, 0.5) is 4.79 Å². The minimum absolute atomic E-state index is 0.00520. The Morgan fingerprint density at radius 1 is 1.19 bits per heavy atom. The van der Waals surface area contributed by atoms with E-state index < -0.39 is 15.4 Å². The standard InChI is InChI=1S/C23H26N2O5S/c1-23(2,3)30-22(26)25-12-11-17(15-25)19-10-9-18(13-20(19)29-4)31(27,28)21-8-6-5-7-16(21)14-24/h5-10,13,17H,11-12,15H2,1-4H3. The predicted octanol–water partition coefficient (Wildman–Crippen LogP) is 4.12. The van der Waals surface area contributed by atoms with Crippen LogP contribution in [0.15, 0.2) is 52.3 Å². The molecule has 0 aliphatic carbocycles. The number of hydrogen-bond donors (Lipinski definition) is 0. The SMILES string of the molecule is COc1cc(S(=O)(=O)c2ccccc2C#N)ccc1C1CCN(C(=O)OC(C)(C)C)C1. The summed E-state index contributed by atoms with van der Waals surface area (Å²) in [6.07, 6.45) is 0.361. The average Bonchev–Trinajstić information content (AvgIpc) is 3.22. The highest BCUT2D eigenvalue weighted by molar-refractivity contribution is 7.91. The van der Waals surface area contributed by atoms with Crippen LogP contribution in [0.2, 0.25) is 0 Å². The molecule has 1 atom stereocenters. The fourth-order valence-corrected chi connectivity index (χ4v) is 5.05. The molecular weight excluding hydrogens is 416 g/mol. The van der Waals surface area contributed by atoms with Gasteiger partial charge in [-0.3, -0.25) is 0 Å². The van der Waals surface area contributed by atoms with E-state index in [1.54, 1.807) is 23.1 Å². The van der Waals surface area contributed by atoms with E-state index in [-0.39, 0.29) is 27.4 Å². The lowest BCUT2D eigenvalue weighted by molar-refractivity contribution is 0.0292. The number of nitrogens with zero attached hydrogens (tertiary/aromatic N) is 2. The van der Waals surface area contributed by atoms with Gasteiger partial charge in [0.25, 0.3) is 0 Å². The maximum Gasteiger partial charge on any atom is 0.410 e. The number of amides is 1. The van der Waals surface area contributed by atoms with E-state index in [2.05, 4.69) is 0 Å². The lowest BCUT2D eigenvalue weighted by Gasteiger charge is -2.24. The first-order valence-electron chi connectivity index (χ1n) is 9.97. The smallest absolute Gasteiger partial charge is 0.410 e. The van der Waals surface area contributed by atoms with E-state index in [1.165, 1.54) is 31.4 Å². The van der Waals surface area contributed by atoms with Crippen LogP contribution in [0, 0.1) is 11.3 Å². The Morgan fingerprint density at radius 2 is 1.90 bits per heavy atom. The number of nitriles is 1. The van der Waals surface area contributed by atoms with Crippen LogP contribution in [0.3, 0.4) is 0 Å². The maximum absolute atomic E-state index is 13.1. The first kappa shape index (κ1) is 22.6. The molecular formula is C23H26N2O5S. The highest BCUT2D eigenvalue weighted by Gasteiger charge is 2.32. The van der Waals surface area contributed by atoms with Crippen molar-refractivity contribution in [3.05, 3.63) is 53.6 Å². The molecule has 2 aromatic carbocycles. The van der Waals surface area contributed by atoms with Crippen LogP contribution in [-0.2, 0) is 14.6 Å². The highest BCUT2D eigenvalue weighted by atomic mass is 32.2. The minimum atomic E-state index is -3.89. The largest absolute Gasteiger partial charge is 0.496 e. The molecule has 0 aromatic heterocycles. The number of carbonyl (C=O) groups is 1. The summed E-state index contributed by atoms with van der Waals surface area (Å²) in [6.45, 7) is 6.49. The lowest BCUT2D eigenvalue weighted by Crippen LogP contribution is -2.35. The molecule has 0 spiro atoms. The van der Waals surface area contributed by atoms with Gasteiger partial charge in [-0.1, -0.05) is 18.2 Å². The molecule has 31 heavy (non-hydrogen) atoms. The number of rotatable bonds is 4. The molecule has 2 aromatic rings. The van der Waals surface area contributed by atoms with Crippen LogP contribution in [0.5, 0.6) is 5.75 Å². The number of carbonyl (C=O) groups excluding carboxylic acids is 1. The third kappa shape index (κ3) is 4.83. The van der Waals surface area contributed by atoms with E-state index in [1.807, 2.05) is 26.8 Å². The van der Waals surface area contributed by atoms with Crippen molar-refractivity contribution in [1.29, 1.82) is 5.26 Å². The zero-order valence-corrected chi connectivity index (χ0v) is 18.9. The van der Waals surface area contributed by atoms with Crippen LogP contribution in [-0.4, -0.2) is 45.2 Å². The molecule has 1 aliphatic rings. The van der Waals surface area contributed by atoms with Crippen molar-refractivity contribution in [2.75, 3.05) is 20.2 Å². The molecule has 3 rings (SSSR count). The van der Waals surface area contributed by atoms with Gasteiger partial charge in [0.05, 0.1) is 22.5 Å². The Balaban J connectivity index is 1.88. The van der Waals surface area contributed by atoms with Crippen LogP contribution < -0.4 is 4.74 Å². The third-order valence-electron chi connectivity index (χ3n) is 5.09. The van der Waals surface area contributed by atoms with Crippen molar-refractivity contribution in [3.63, 3.8) is 0 Å². The average molecular weight is 443 g/mol. The Morgan fingerprint density at radius 3 is 2.55 bits per heavy atom. The topological polar surface area (TPSA) is 96.7 Å². The Kier molecular flexibility index (Phi) is 6.27. The Labute approximate surface area is 183 Å². The zero-order valence-electron chi connectivity index (χ0n) is 18.1. The molecule has 8 heteroatoms. The van der Waals surface area contributed by atoms with E-state index in [0.29, 0.717) is 18.8 Å². The molecule has 1 unspecified atom stereocenters. The molecule has 7 nitrogen and oxygen atoms in total. The summed E-state index contributed by atoms with van der Waals surface area (Å²) in [4.78, 5) is 14.0. The highest BCUT2D eigenvalue weighted by Crippen LogP contribution is 2.36. The molecule has 1 aliphatic heterocycles. The van der Waals surface area contributed by atoms with Gasteiger partial charge in [0.1, 0.15) is 17.4 Å². The number of benzene rings is 2.